The maximum Gasteiger partial charge on any atom is 0.110 e. The first-order valence-electron chi connectivity index (χ1n) is 9.50. The molecule has 5 rings (SSSR count). The number of benzene rings is 4. The van der Waals surface area contributed by atoms with Gasteiger partial charge in [-0.1, -0.05) is 78.9 Å². The molecule has 0 aliphatic rings. The molecule has 0 spiro atoms. The van der Waals surface area contributed by atoms with Crippen molar-refractivity contribution < 1.29 is 19.5 Å². The van der Waals surface area contributed by atoms with Crippen molar-refractivity contribution in [1.29, 1.82) is 0 Å². The van der Waals surface area contributed by atoms with E-state index in [9.17, 15) is 0 Å². The molecule has 0 saturated heterocycles. The van der Waals surface area contributed by atoms with Crippen LogP contribution in [-0.4, -0.2) is 0 Å². The van der Waals surface area contributed by atoms with Crippen LogP contribution in [0.1, 0.15) is 0 Å². The Morgan fingerprint density at radius 3 is 1.79 bits per heavy atom. The number of hydrogen-bond donors (Lipinski definition) is 0. The van der Waals surface area contributed by atoms with Gasteiger partial charge in [0.15, 0.2) is 0 Å². The molecule has 136 valence electrons. The molecule has 3 heteroatoms. The third-order valence-corrected chi connectivity index (χ3v) is 7.93. The van der Waals surface area contributed by atoms with Crippen LogP contribution >= 0.6 is 7.92 Å². The van der Waals surface area contributed by atoms with Crippen LogP contribution in [0, 0.1) is 0 Å². The summed E-state index contributed by atoms with van der Waals surface area (Å²) in [6.07, 6.45) is 1.90. The van der Waals surface area contributed by atoms with E-state index in [4.69, 9.17) is 0 Å². The fourth-order valence-corrected chi connectivity index (χ4v) is 6.63. The Bertz CT molecular complexity index is 1180. The van der Waals surface area contributed by atoms with Gasteiger partial charge in [0.25, 0.3) is 0 Å². The van der Waals surface area contributed by atoms with Crippen LogP contribution in [0.4, 0.5) is 0 Å². The van der Waals surface area contributed by atoms with Crippen LogP contribution in [0.3, 0.4) is 0 Å². The zero-order valence-electron chi connectivity index (χ0n) is 16.1. The van der Waals surface area contributed by atoms with Gasteiger partial charge in [0, 0.05) is 25.0 Å². The Morgan fingerprint density at radius 2 is 1.10 bits per heavy atom. The molecular formula is C26H20NPZn. The smallest absolute Gasteiger partial charge is 0.110 e. The molecule has 0 atom stereocenters. The maximum atomic E-state index is 4.65. The summed E-state index contributed by atoms with van der Waals surface area (Å²) in [6, 6.07) is 39.2. The van der Waals surface area contributed by atoms with Gasteiger partial charge < -0.3 is 4.98 Å². The summed E-state index contributed by atoms with van der Waals surface area (Å²) >= 11 is 0. The van der Waals surface area contributed by atoms with E-state index >= 15 is 0 Å². The van der Waals surface area contributed by atoms with Gasteiger partial charge in [-0.15, -0.1) is 5.52 Å². The van der Waals surface area contributed by atoms with Gasteiger partial charge in [0.05, 0.1) is 7.92 Å². The SMILES string of the molecule is [Zn].c1ccc([PH+](c2ccccc2)c2ccccc2-c2cccc3cc[n-]c23)cc1. The molecule has 0 aliphatic heterocycles. The molecule has 1 nitrogen and oxygen atoms in total. The third-order valence-electron chi connectivity index (χ3n) is 5.14. The first-order chi connectivity index (χ1) is 13.9. The molecule has 0 amide bonds. The molecule has 1 heterocycles. The second kappa shape index (κ2) is 8.87. The zero-order chi connectivity index (χ0) is 18.8. The van der Waals surface area contributed by atoms with E-state index in [1.54, 1.807) is 0 Å². The summed E-state index contributed by atoms with van der Waals surface area (Å²) in [4.78, 5) is 4.65. The van der Waals surface area contributed by atoms with E-state index in [0.717, 1.165) is 5.52 Å². The molecule has 0 unspecified atom stereocenters. The van der Waals surface area contributed by atoms with E-state index in [1.165, 1.54) is 32.4 Å². The van der Waals surface area contributed by atoms with Crippen molar-refractivity contribution in [2.24, 2.45) is 0 Å². The Kier molecular flexibility index (Phi) is 6.05. The number of hydrogen-bond acceptors (Lipinski definition) is 0. The van der Waals surface area contributed by atoms with Crippen LogP contribution in [0.15, 0.2) is 115 Å². The molecule has 0 saturated carbocycles. The summed E-state index contributed by atoms with van der Waals surface area (Å²) in [5, 5.41) is 5.39. The molecule has 0 N–H and O–H groups in total. The Hall–Kier alpha value is -2.53. The molecule has 5 aromatic rings. The standard InChI is InChI=1S/C26H19NP.Zn/c1-3-11-21(12-4-1)28(22-13-5-2-6-14-22)25-17-8-7-15-23(25)24-16-9-10-20-18-19-27-26(20)24;/h1-19H;/q-1;/p+1. The summed E-state index contributed by atoms with van der Waals surface area (Å²) in [5.41, 5.74) is 3.58. The molecule has 29 heavy (non-hydrogen) atoms. The summed E-state index contributed by atoms with van der Waals surface area (Å²) in [6.45, 7) is 0. The van der Waals surface area contributed by atoms with Crippen LogP contribution < -0.4 is 20.9 Å². The number of aromatic nitrogens is 1. The van der Waals surface area contributed by atoms with Crippen LogP contribution in [0.5, 0.6) is 0 Å². The molecule has 0 bridgehead atoms. The number of rotatable bonds is 4. The number of nitrogens with zero attached hydrogens (tertiary/aromatic N) is 1. The van der Waals surface area contributed by atoms with Crippen LogP contribution in [0.2, 0.25) is 0 Å². The van der Waals surface area contributed by atoms with E-state index in [-0.39, 0.29) is 19.5 Å². The van der Waals surface area contributed by atoms with Crippen molar-refractivity contribution in [2.75, 3.05) is 0 Å². The first-order valence-corrected chi connectivity index (χ1v) is 11.0. The number of para-hydroxylation sites is 1. The molecule has 0 aliphatic carbocycles. The van der Waals surface area contributed by atoms with Crippen LogP contribution in [0.25, 0.3) is 22.0 Å². The molecule has 4 aromatic carbocycles. The molecular weight excluding hydrogens is 423 g/mol. The second-order valence-corrected chi connectivity index (χ2v) is 9.28. The van der Waals surface area contributed by atoms with Gasteiger partial charge in [-0.25, -0.2) is 0 Å². The van der Waals surface area contributed by atoms with Gasteiger partial charge in [0.2, 0.25) is 0 Å². The largest absolute Gasteiger partial charge is 0.663 e. The average molecular weight is 443 g/mol. The number of fused-ring (bicyclic) bond motifs is 1. The minimum absolute atomic E-state index is 0. The van der Waals surface area contributed by atoms with Crippen molar-refractivity contribution in [1.82, 2.24) is 4.98 Å². The Balaban J connectivity index is 0.00000205. The molecule has 1 aromatic heterocycles. The Morgan fingerprint density at radius 1 is 0.517 bits per heavy atom. The van der Waals surface area contributed by atoms with Crippen molar-refractivity contribution in [3.8, 4) is 11.1 Å². The first kappa shape index (κ1) is 19.8. The third kappa shape index (κ3) is 3.84. The summed E-state index contributed by atoms with van der Waals surface area (Å²) in [5.74, 6) is 0. The van der Waals surface area contributed by atoms with Crippen molar-refractivity contribution in [2.45, 2.75) is 0 Å². The molecule has 0 fully saturated rings. The van der Waals surface area contributed by atoms with Gasteiger partial charge in [-0.2, -0.15) is 6.20 Å². The van der Waals surface area contributed by atoms with Gasteiger partial charge in [0.1, 0.15) is 15.9 Å². The average Bonchev–Trinajstić information content (AvgIpc) is 3.25. The van der Waals surface area contributed by atoms with Gasteiger partial charge in [-0.05, 0) is 41.3 Å². The summed E-state index contributed by atoms with van der Waals surface area (Å²) < 4.78 is 0. The van der Waals surface area contributed by atoms with Crippen molar-refractivity contribution in [3.63, 3.8) is 0 Å². The monoisotopic (exact) mass is 441 g/mol. The van der Waals surface area contributed by atoms with E-state index in [2.05, 4.69) is 114 Å². The fraction of sp³-hybridized carbons (Fsp3) is 0. The van der Waals surface area contributed by atoms with E-state index in [0.29, 0.717) is 0 Å². The fourth-order valence-electron chi connectivity index (χ4n) is 3.87. The topological polar surface area (TPSA) is 14.1 Å². The maximum absolute atomic E-state index is 4.65. The predicted molar refractivity (Wildman–Crippen MR) is 123 cm³/mol. The van der Waals surface area contributed by atoms with Crippen LogP contribution in [-0.2, 0) is 19.5 Å². The molecule has 0 radical (unpaired) electrons. The predicted octanol–water partition coefficient (Wildman–Crippen LogP) is 4.95. The second-order valence-electron chi connectivity index (χ2n) is 6.84. The zero-order valence-corrected chi connectivity index (χ0v) is 20.1. The van der Waals surface area contributed by atoms with Crippen molar-refractivity contribution in [3.05, 3.63) is 115 Å². The minimum Gasteiger partial charge on any atom is -0.663 e. The summed E-state index contributed by atoms with van der Waals surface area (Å²) in [7, 11) is -1.13. The minimum atomic E-state index is -1.13. The van der Waals surface area contributed by atoms with E-state index < -0.39 is 7.92 Å². The quantitative estimate of drug-likeness (QED) is 0.284. The Labute approximate surface area is 185 Å². The van der Waals surface area contributed by atoms with Gasteiger partial charge >= 0.3 is 0 Å². The van der Waals surface area contributed by atoms with Crippen molar-refractivity contribution >= 4 is 34.7 Å². The normalized spacial score (nSPS) is 10.8. The van der Waals surface area contributed by atoms with Gasteiger partial charge in [-0.3, -0.25) is 0 Å². The van der Waals surface area contributed by atoms with E-state index in [1.807, 2.05) is 6.20 Å².